The van der Waals surface area contributed by atoms with Crippen molar-refractivity contribution in [3.8, 4) is 0 Å². The number of rotatable bonds is 6. The fourth-order valence-corrected chi connectivity index (χ4v) is 3.21. The number of carbonyl (C=O) groups is 3. The fraction of sp³-hybridized carbons (Fsp3) is 0.833. The van der Waals surface area contributed by atoms with Crippen LogP contribution >= 0.6 is 0 Å². The van der Waals surface area contributed by atoms with Gasteiger partial charge in [0.2, 0.25) is 5.91 Å². The molecule has 5 nitrogen and oxygen atoms in total. The highest BCUT2D eigenvalue weighted by molar-refractivity contribution is 6.36. The molecule has 0 aromatic heterocycles. The Labute approximate surface area is 139 Å². The molecule has 132 valence electrons. The standard InChI is InChI=1S/C18H31NO4/c1-6-14(15(20)17(22)23-7-2)19-16(21)12-8-10-13(11-9-12)18(3,4)5/h12-14H,6-11H2,1-5H3,(H,19,21). The van der Waals surface area contributed by atoms with E-state index in [1.54, 1.807) is 13.8 Å². The Morgan fingerprint density at radius 2 is 1.65 bits per heavy atom. The molecule has 0 spiro atoms. The van der Waals surface area contributed by atoms with Gasteiger partial charge in [0.05, 0.1) is 12.6 Å². The van der Waals surface area contributed by atoms with Crippen LogP contribution in [-0.4, -0.2) is 30.3 Å². The third kappa shape index (κ3) is 5.63. The topological polar surface area (TPSA) is 72.5 Å². The maximum absolute atomic E-state index is 12.4. The SMILES string of the molecule is CCOC(=O)C(=O)C(CC)NC(=O)C1CCC(C(C)(C)C)CC1. The number of Topliss-reactive ketones (excluding diaryl/α,β-unsaturated/α-hetero) is 1. The number of carbonyl (C=O) groups excluding carboxylic acids is 3. The zero-order valence-corrected chi connectivity index (χ0v) is 15.1. The first-order chi connectivity index (χ1) is 10.7. The summed E-state index contributed by atoms with van der Waals surface area (Å²) < 4.78 is 4.73. The first kappa shape index (κ1) is 19.7. The fourth-order valence-electron chi connectivity index (χ4n) is 3.21. The van der Waals surface area contributed by atoms with Crippen molar-refractivity contribution in [2.45, 2.75) is 72.8 Å². The van der Waals surface area contributed by atoms with E-state index in [0.29, 0.717) is 12.3 Å². The van der Waals surface area contributed by atoms with E-state index < -0.39 is 17.8 Å². The molecule has 1 fully saturated rings. The van der Waals surface area contributed by atoms with Gasteiger partial charge in [-0.2, -0.15) is 0 Å². The van der Waals surface area contributed by atoms with Crippen molar-refractivity contribution < 1.29 is 19.1 Å². The molecule has 0 aliphatic heterocycles. The third-order valence-corrected chi connectivity index (χ3v) is 4.84. The highest BCUT2D eigenvalue weighted by Crippen LogP contribution is 2.39. The van der Waals surface area contributed by atoms with Gasteiger partial charge in [-0.25, -0.2) is 4.79 Å². The molecule has 1 amide bonds. The maximum Gasteiger partial charge on any atom is 0.376 e. The first-order valence-electron chi connectivity index (χ1n) is 8.72. The van der Waals surface area contributed by atoms with Gasteiger partial charge in [-0.05, 0) is 50.4 Å². The molecule has 1 aliphatic rings. The van der Waals surface area contributed by atoms with Crippen LogP contribution in [0, 0.1) is 17.3 Å². The van der Waals surface area contributed by atoms with Gasteiger partial charge >= 0.3 is 5.97 Å². The third-order valence-electron chi connectivity index (χ3n) is 4.84. The maximum atomic E-state index is 12.4. The minimum Gasteiger partial charge on any atom is -0.460 e. The molecule has 0 heterocycles. The van der Waals surface area contributed by atoms with E-state index in [1.165, 1.54) is 0 Å². The molecule has 1 N–H and O–H groups in total. The lowest BCUT2D eigenvalue weighted by atomic mass is 9.69. The summed E-state index contributed by atoms with van der Waals surface area (Å²) in [5.74, 6) is -1.06. The van der Waals surface area contributed by atoms with Crippen molar-refractivity contribution in [1.29, 1.82) is 0 Å². The number of hydrogen-bond acceptors (Lipinski definition) is 4. The average molecular weight is 325 g/mol. The predicted octanol–water partition coefficient (Wildman–Crippen LogP) is 2.87. The quantitative estimate of drug-likeness (QED) is 0.602. The van der Waals surface area contributed by atoms with Crippen molar-refractivity contribution in [3.05, 3.63) is 0 Å². The van der Waals surface area contributed by atoms with Crippen molar-refractivity contribution in [1.82, 2.24) is 5.32 Å². The Kier molecular flexibility index (Phi) is 7.23. The average Bonchev–Trinajstić information content (AvgIpc) is 2.51. The molecule has 0 saturated heterocycles. The summed E-state index contributed by atoms with van der Waals surface area (Å²) in [5, 5.41) is 2.74. The van der Waals surface area contributed by atoms with Gasteiger partial charge in [0.15, 0.2) is 0 Å². The predicted molar refractivity (Wildman–Crippen MR) is 88.8 cm³/mol. The van der Waals surface area contributed by atoms with Gasteiger partial charge in [-0.15, -0.1) is 0 Å². The van der Waals surface area contributed by atoms with Crippen LogP contribution in [0.5, 0.6) is 0 Å². The van der Waals surface area contributed by atoms with Gasteiger partial charge in [0, 0.05) is 5.92 Å². The number of hydrogen-bond donors (Lipinski definition) is 1. The largest absolute Gasteiger partial charge is 0.460 e. The number of ketones is 1. The van der Waals surface area contributed by atoms with Crippen molar-refractivity contribution >= 4 is 17.7 Å². The number of ether oxygens (including phenoxy) is 1. The van der Waals surface area contributed by atoms with Crippen molar-refractivity contribution in [2.75, 3.05) is 6.61 Å². The second-order valence-electron chi connectivity index (χ2n) is 7.47. The summed E-state index contributed by atoms with van der Waals surface area (Å²) in [7, 11) is 0. The number of esters is 1. The van der Waals surface area contributed by atoms with Crippen LogP contribution in [0.15, 0.2) is 0 Å². The Morgan fingerprint density at radius 1 is 1.09 bits per heavy atom. The van der Waals surface area contributed by atoms with Crippen molar-refractivity contribution in [2.24, 2.45) is 17.3 Å². The summed E-state index contributed by atoms with van der Waals surface area (Å²) in [4.78, 5) is 35.9. The minimum atomic E-state index is -0.865. The van der Waals surface area contributed by atoms with Crippen LogP contribution in [0.3, 0.4) is 0 Å². The molecule has 0 radical (unpaired) electrons. The van der Waals surface area contributed by atoms with E-state index in [1.807, 2.05) is 0 Å². The molecule has 0 aromatic rings. The highest BCUT2D eigenvalue weighted by atomic mass is 16.5. The van der Waals surface area contributed by atoms with Crippen LogP contribution in [0.4, 0.5) is 0 Å². The van der Waals surface area contributed by atoms with Gasteiger partial charge in [0.1, 0.15) is 0 Å². The molecule has 1 atom stereocenters. The zero-order chi connectivity index (χ0) is 17.6. The molecule has 23 heavy (non-hydrogen) atoms. The minimum absolute atomic E-state index is 0.0577. The van der Waals surface area contributed by atoms with Crippen LogP contribution in [0.2, 0.25) is 0 Å². The van der Waals surface area contributed by atoms with Gasteiger partial charge in [-0.3, -0.25) is 9.59 Å². The number of nitrogens with one attached hydrogen (secondary N) is 1. The van der Waals surface area contributed by atoms with E-state index in [2.05, 4.69) is 26.1 Å². The van der Waals surface area contributed by atoms with Gasteiger partial charge < -0.3 is 10.1 Å². The molecule has 1 unspecified atom stereocenters. The second-order valence-corrected chi connectivity index (χ2v) is 7.47. The highest BCUT2D eigenvalue weighted by Gasteiger charge is 2.34. The summed E-state index contributed by atoms with van der Waals surface area (Å²) in [6, 6.07) is -0.776. The Balaban J connectivity index is 2.55. The van der Waals surface area contributed by atoms with Crippen LogP contribution in [0.25, 0.3) is 0 Å². The van der Waals surface area contributed by atoms with E-state index >= 15 is 0 Å². The van der Waals surface area contributed by atoms with Crippen LogP contribution < -0.4 is 5.32 Å². The molecular formula is C18H31NO4. The van der Waals surface area contributed by atoms with Gasteiger partial charge in [-0.1, -0.05) is 27.7 Å². The van der Waals surface area contributed by atoms with Crippen LogP contribution in [0.1, 0.15) is 66.7 Å². The Morgan fingerprint density at radius 3 is 2.09 bits per heavy atom. The Bertz CT molecular complexity index is 431. The summed E-state index contributed by atoms with van der Waals surface area (Å²) in [6.45, 7) is 10.3. The summed E-state index contributed by atoms with van der Waals surface area (Å²) in [6.07, 6.45) is 4.14. The zero-order valence-electron chi connectivity index (χ0n) is 15.1. The lowest BCUT2D eigenvalue weighted by Crippen LogP contribution is -2.47. The summed E-state index contributed by atoms with van der Waals surface area (Å²) in [5.41, 5.74) is 0.271. The summed E-state index contributed by atoms with van der Waals surface area (Å²) >= 11 is 0. The van der Waals surface area contributed by atoms with E-state index in [-0.39, 0.29) is 23.8 Å². The molecule has 0 bridgehead atoms. The van der Waals surface area contributed by atoms with Gasteiger partial charge in [0.25, 0.3) is 5.78 Å². The van der Waals surface area contributed by atoms with E-state index in [4.69, 9.17) is 4.74 Å². The smallest absolute Gasteiger partial charge is 0.376 e. The molecule has 5 heteroatoms. The molecule has 1 rings (SSSR count). The first-order valence-corrected chi connectivity index (χ1v) is 8.72. The van der Waals surface area contributed by atoms with Crippen LogP contribution in [-0.2, 0) is 19.1 Å². The lowest BCUT2D eigenvalue weighted by Gasteiger charge is -2.36. The lowest BCUT2D eigenvalue weighted by molar-refractivity contribution is -0.154. The number of amides is 1. The van der Waals surface area contributed by atoms with Crippen molar-refractivity contribution in [3.63, 3.8) is 0 Å². The Hall–Kier alpha value is -1.39. The monoisotopic (exact) mass is 325 g/mol. The molecule has 1 aliphatic carbocycles. The van der Waals surface area contributed by atoms with E-state index in [0.717, 1.165) is 25.7 Å². The molecule has 1 saturated carbocycles. The molecule has 0 aromatic carbocycles. The normalized spacial score (nSPS) is 23.0. The second kappa shape index (κ2) is 8.46. The molecular weight excluding hydrogens is 294 g/mol. The van der Waals surface area contributed by atoms with E-state index in [9.17, 15) is 14.4 Å².